The Balaban J connectivity index is 1.32. The molecule has 160 valence electrons. The Kier molecular flexibility index (Phi) is 6.74. The molecule has 1 aliphatic carbocycles. The van der Waals surface area contributed by atoms with Gasteiger partial charge in [0.1, 0.15) is 19.8 Å². The third-order valence-electron chi connectivity index (χ3n) is 6.05. The van der Waals surface area contributed by atoms with Gasteiger partial charge in [0.05, 0.1) is 19.6 Å². The van der Waals surface area contributed by atoms with Crippen LogP contribution in [0.25, 0.3) is 0 Å². The Morgan fingerprint density at radius 2 is 1.80 bits per heavy atom. The molecular weight excluding hydrogens is 378 g/mol. The lowest BCUT2D eigenvalue weighted by atomic mass is 9.94. The number of carbonyl (C=O) groups is 1. The molecule has 0 spiro atoms. The average Bonchev–Trinajstić information content (AvgIpc) is 2.79. The number of fused-ring (bicyclic) bond motifs is 1. The first-order chi connectivity index (χ1) is 14.7. The molecule has 2 aliphatic rings. The molecule has 1 fully saturated rings. The van der Waals surface area contributed by atoms with Gasteiger partial charge in [0.25, 0.3) is 0 Å². The van der Waals surface area contributed by atoms with Crippen molar-refractivity contribution in [3.63, 3.8) is 0 Å². The first-order valence-corrected chi connectivity index (χ1v) is 11.0. The topological polar surface area (TPSA) is 64.0 Å². The Labute approximate surface area is 178 Å². The van der Waals surface area contributed by atoms with Crippen LogP contribution in [0, 0.1) is 0 Å². The van der Waals surface area contributed by atoms with Gasteiger partial charge in [0.2, 0.25) is 5.91 Å². The van der Waals surface area contributed by atoms with Gasteiger partial charge in [-0.1, -0.05) is 24.6 Å². The number of hydrogen-bond donors (Lipinski definition) is 3. The fourth-order valence-corrected chi connectivity index (χ4v) is 4.39. The van der Waals surface area contributed by atoms with E-state index in [0.717, 1.165) is 24.0 Å². The van der Waals surface area contributed by atoms with Gasteiger partial charge in [0.15, 0.2) is 11.5 Å². The first kappa shape index (κ1) is 20.5. The van der Waals surface area contributed by atoms with Crippen LogP contribution in [0.15, 0.2) is 42.5 Å². The third-order valence-corrected chi connectivity index (χ3v) is 6.05. The molecule has 1 unspecified atom stereocenters. The fraction of sp³-hybridized carbons (Fsp3) is 0.458. The van der Waals surface area contributed by atoms with Crippen LogP contribution in [-0.2, 0) is 11.3 Å². The van der Waals surface area contributed by atoms with Crippen LogP contribution in [0.1, 0.15) is 37.7 Å². The summed E-state index contributed by atoms with van der Waals surface area (Å²) in [7, 11) is 2.29. The second-order valence-electron chi connectivity index (χ2n) is 8.28. The highest BCUT2D eigenvalue weighted by Crippen LogP contribution is 2.32. The van der Waals surface area contributed by atoms with Gasteiger partial charge in [-0.15, -0.1) is 0 Å². The van der Waals surface area contributed by atoms with Gasteiger partial charge in [0, 0.05) is 23.0 Å². The summed E-state index contributed by atoms with van der Waals surface area (Å²) in [6, 6.07) is 14.5. The first-order valence-electron chi connectivity index (χ1n) is 11.0. The highest BCUT2D eigenvalue weighted by Gasteiger charge is 2.22. The molecule has 0 bridgehead atoms. The Morgan fingerprint density at radius 3 is 2.63 bits per heavy atom. The number of hydrogen-bond acceptors (Lipinski definition) is 4. The number of benzene rings is 2. The lowest BCUT2D eigenvalue weighted by Crippen LogP contribution is -3.11. The Hall–Kier alpha value is -2.73. The molecule has 1 atom stereocenters. The standard InChI is InChI=1S/C24H31N3O3/c1-27(20-8-3-2-4-9-20)17-18-7-5-6-10-21(18)25-16-24(28)26-19-11-12-22-23(15-19)30-14-13-29-22/h5-7,10-12,15,20,25H,2-4,8-9,13-14,16-17H2,1H3,(H,26,28)/p+1. The molecular formula is C24H32N3O3+. The summed E-state index contributed by atoms with van der Waals surface area (Å²) in [5, 5.41) is 6.25. The molecule has 30 heavy (non-hydrogen) atoms. The van der Waals surface area contributed by atoms with Crippen molar-refractivity contribution in [2.75, 3.05) is 37.4 Å². The minimum atomic E-state index is -0.0885. The van der Waals surface area contributed by atoms with Gasteiger partial charge in [-0.3, -0.25) is 4.79 Å². The largest absolute Gasteiger partial charge is 0.486 e. The summed E-state index contributed by atoms with van der Waals surface area (Å²) in [6.45, 7) is 2.27. The van der Waals surface area contributed by atoms with E-state index in [1.807, 2.05) is 24.3 Å². The van der Waals surface area contributed by atoms with Crippen molar-refractivity contribution in [3.8, 4) is 11.5 Å². The summed E-state index contributed by atoms with van der Waals surface area (Å²) in [5.74, 6) is 1.30. The zero-order chi connectivity index (χ0) is 20.8. The molecule has 0 radical (unpaired) electrons. The van der Waals surface area contributed by atoms with Crippen LogP contribution in [0.5, 0.6) is 11.5 Å². The van der Waals surface area contributed by atoms with Crippen LogP contribution < -0.4 is 25.0 Å². The van der Waals surface area contributed by atoms with Gasteiger partial charge in [-0.25, -0.2) is 0 Å². The maximum Gasteiger partial charge on any atom is 0.243 e. The van der Waals surface area contributed by atoms with E-state index in [2.05, 4.69) is 35.9 Å². The summed E-state index contributed by atoms with van der Waals surface area (Å²) >= 11 is 0. The summed E-state index contributed by atoms with van der Waals surface area (Å²) in [4.78, 5) is 14.0. The van der Waals surface area contributed by atoms with E-state index in [1.54, 1.807) is 4.90 Å². The number of nitrogens with one attached hydrogen (secondary N) is 3. The summed E-state index contributed by atoms with van der Waals surface area (Å²) < 4.78 is 11.1. The molecule has 6 heteroatoms. The smallest absolute Gasteiger partial charge is 0.243 e. The third kappa shape index (κ3) is 5.25. The molecule has 0 saturated heterocycles. The summed E-state index contributed by atoms with van der Waals surface area (Å²) in [6.07, 6.45) is 6.71. The predicted octanol–water partition coefficient (Wildman–Crippen LogP) is 2.86. The minimum absolute atomic E-state index is 0.0885. The van der Waals surface area contributed by atoms with E-state index in [-0.39, 0.29) is 12.5 Å². The van der Waals surface area contributed by atoms with Crippen molar-refractivity contribution >= 4 is 17.3 Å². The predicted molar refractivity (Wildman–Crippen MR) is 118 cm³/mol. The molecule has 1 heterocycles. The number of quaternary nitrogens is 1. The molecule has 1 aliphatic heterocycles. The van der Waals surface area contributed by atoms with Gasteiger partial charge in [-0.05, 0) is 43.9 Å². The molecule has 2 aromatic carbocycles. The van der Waals surface area contributed by atoms with E-state index in [4.69, 9.17) is 9.47 Å². The highest BCUT2D eigenvalue weighted by molar-refractivity contribution is 5.94. The zero-order valence-electron chi connectivity index (χ0n) is 17.7. The quantitative estimate of drug-likeness (QED) is 0.657. The number of rotatable bonds is 7. The Bertz CT molecular complexity index is 865. The zero-order valence-corrected chi connectivity index (χ0v) is 17.7. The van der Waals surface area contributed by atoms with Crippen LogP contribution in [0.4, 0.5) is 11.4 Å². The maximum absolute atomic E-state index is 12.5. The number of para-hydroxylation sites is 1. The SMILES string of the molecule is C[NH+](Cc1ccccc1NCC(=O)Nc1ccc2c(c1)OCCO2)C1CCCCC1. The van der Waals surface area contributed by atoms with Crippen LogP contribution in [0.2, 0.25) is 0 Å². The molecule has 1 saturated carbocycles. The lowest BCUT2D eigenvalue weighted by molar-refractivity contribution is -0.921. The maximum atomic E-state index is 12.5. The van der Waals surface area contributed by atoms with Crippen molar-refractivity contribution in [1.82, 2.24) is 0 Å². The molecule has 0 aromatic heterocycles. The Morgan fingerprint density at radius 1 is 1.03 bits per heavy atom. The van der Waals surface area contributed by atoms with E-state index in [0.29, 0.717) is 24.7 Å². The second kappa shape index (κ2) is 9.85. The average molecular weight is 411 g/mol. The minimum Gasteiger partial charge on any atom is -0.486 e. The van der Waals surface area contributed by atoms with E-state index in [1.165, 1.54) is 37.7 Å². The van der Waals surface area contributed by atoms with Crippen LogP contribution >= 0.6 is 0 Å². The molecule has 4 rings (SSSR count). The molecule has 3 N–H and O–H groups in total. The second-order valence-corrected chi connectivity index (χ2v) is 8.28. The van der Waals surface area contributed by atoms with Crippen LogP contribution in [0.3, 0.4) is 0 Å². The van der Waals surface area contributed by atoms with Gasteiger partial charge in [-0.2, -0.15) is 0 Å². The summed E-state index contributed by atoms with van der Waals surface area (Å²) in [5.41, 5.74) is 3.00. The number of anilines is 2. The fourth-order valence-electron chi connectivity index (χ4n) is 4.39. The monoisotopic (exact) mass is 410 g/mol. The number of carbonyl (C=O) groups excluding carboxylic acids is 1. The van der Waals surface area contributed by atoms with E-state index >= 15 is 0 Å². The van der Waals surface area contributed by atoms with Crippen molar-refractivity contribution in [2.45, 2.75) is 44.7 Å². The highest BCUT2D eigenvalue weighted by atomic mass is 16.6. The van der Waals surface area contributed by atoms with Gasteiger partial charge < -0.3 is 25.0 Å². The number of amides is 1. The van der Waals surface area contributed by atoms with Crippen molar-refractivity contribution in [2.24, 2.45) is 0 Å². The molecule has 2 aromatic rings. The molecule has 1 amide bonds. The van der Waals surface area contributed by atoms with Gasteiger partial charge >= 0.3 is 0 Å². The van der Waals surface area contributed by atoms with Crippen LogP contribution in [-0.4, -0.2) is 38.8 Å². The van der Waals surface area contributed by atoms with Crippen molar-refractivity contribution in [3.05, 3.63) is 48.0 Å². The van der Waals surface area contributed by atoms with E-state index in [9.17, 15) is 4.79 Å². The molecule has 6 nitrogen and oxygen atoms in total. The van der Waals surface area contributed by atoms with Crippen molar-refractivity contribution < 1.29 is 19.2 Å². The lowest BCUT2D eigenvalue weighted by Gasteiger charge is -2.28. The van der Waals surface area contributed by atoms with Crippen molar-refractivity contribution in [1.29, 1.82) is 0 Å². The van der Waals surface area contributed by atoms with E-state index < -0.39 is 0 Å². The normalized spacial score (nSPS) is 17.2. The number of ether oxygens (including phenoxy) is 2.